The lowest BCUT2D eigenvalue weighted by Crippen LogP contribution is -2.18. The maximum absolute atomic E-state index is 4.35. The molecule has 0 fully saturated rings. The molecule has 5 nitrogen and oxygen atoms in total. The van der Waals surface area contributed by atoms with Crippen molar-refractivity contribution >= 4 is 5.82 Å². The van der Waals surface area contributed by atoms with Crippen molar-refractivity contribution in [2.75, 3.05) is 19.4 Å². The van der Waals surface area contributed by atoms with Crippen LogP contribution in [0.3, 0.4) is 0 Å². The third-order valence-corrected chi connectivity index (χ3v) is 2.57. The molecule has 0 saturated heterocycles. The van der Waals surface area contributed by atoms with Crippen molar-refractivity contribution in [1.82, 2.24) is 19.9 Å². The predicted octanol–water partition coefficient (Wildman–Crippen LogP) is 1.55. The molecule has 2 aromatic rings. The fourth-order valence-electron chi connectivity index (χ4n) is 1.70. The zero-order chi connectivity index (χ0) is 12.8. The molecule has 0 amide bonds. The molecule has 0 aliphatic rings. The van der Waals surface area contributed by atoms with Crippen LogP contribution in [0.5, 0.6) is 0 Å². The number of hydrogen-bond donors (Lipinski definition) is 1. The molecule has 2 rings (SSSR count). The van der Waals surface area contributed by atoms with Crippen LogP contribution in [0.15, 0.2) is 36.9 Å². The lowest BCUT2D eigenvalue weighted by atomic mass is 10.2. The van der Waals surface area contributed by atoms with Crippen LogP contribution in [0.25, 0.3) is 0 Å². The summed E-state index contributed by atoms with van der Waals surface area (Å²) in [5.74, 6) is 0.786. The van der Waals surface area contributed by atoms with Crippen LogP contribution in [-0.2, 0) is 13.1 Å². The van der Waals surface area contributed by atoms with Crippen molar-refractivity contribution in [2.24, 2.45) is 0 Å². The van der Waals surface area contributed by atoms with Gasteiger partial charge in [0.15, 0.2) is 0 Å². The summed E-state index contributed by atoms with van der Waals surface area (Å²) in [4.78, 5) is 14.9. The Balaban J connectivity index is 1.92. The van der Waals surface area contributed by atoms with Gasteiger partial charge >= 0.3 is 0 Å². The largest absolute Gasteiger partial charge is 0.372 e. The second kappa shape index (κ2) is 6.07. The molecule has 94 valence electrons. The third kappa shape index (κ3) is 3.49. The SMILES string of the molecule is CNc1cnc(CN(C)Cc2cccnc2)cn1. The summed E-state index contributed by atoms with van der Waals surface area (Å²) in [5.41, 5.74) is 2.15. The molecule has 0 aliphatic heterocycles. The van der Waals surface area contributed by atoms with Crippen LogP contribution >= 0.6 is 0 Å². The van der Waals surface area contributed by atoms with Crippen LogP contribution in [0, 0.1) is 0 Å². The fourth-order valence-corrected chi connectivity index (χ4v) is 1.70. The van der Waals surface area contributed by atoms with Gasteiger partial charge in [-0.3, -0.25) is 14.9 Å². The van der Waals surface area contributed by atoms with Gasteiger partial charge in [0.25, 0.3) is 0 Å². The third-order valence-electron chi connectivity index (χ3n) is 2.57. The van der Waals surface area contributed by atoms with Gasteiger partial charge in [0.05, 0.1) is 18.1 Å². The Bertz CT molecular complexity index is 469. The fraction of sp³-hybridized carbons (Fsp3) is 0.308. The van der Waals surface area contributed by atoms with Gasteiger partial charge in [-0.05, 0) is 18.7 Å². The van der Waals surface area contributed by atoms with Crippen LogP contribution in [-0.4, -0.2) is 33.9 Å². The van der Waals surface area contributed by atoms with Gasteiger partial charge in [-0.25, -0.2) is 4.98 Å². The molecular weight excluding hydrogens is 226 g/mol. The van der Waals surface area contributed by atoms with Crippen LogP contribution in [0.2, 0.25) is 0 Å². The van der Waals surface area contributed by atoms with Crippen LogP contribution in [0.4, 0.5) is 5.82 Å². The van der Waals surface area contributed by atoms with Gasteiger partial charge in [-0.15, -0.1) is 0 Å². The molecule has 2 heterocycles. The normalized spacial score (nSPS) is 10.6. The molecule has 5 heteroatoms. The summed E-state index contributed by atoms with van der Waals surface area (Å²) in [6.45, 7) is 1.62. The summed E-state index contributed by atoms with van der Waals surface area (Å²) in [7, 11) is 3.89. The molecule has 0 radical (unpaired) electrons. The Morgan fingerprint density at radius 1 is 1.17 bits per heavy atom. The van der Waals surface area contributed by atoms with Gasteiger partial charge in [0.2, 0.25) is 0 Å². The molecule has 0 bridgehead atoms. The first-order chi connectivity index (χ1) is 8.78. The van der Waals surface area contributed by atoms with Crippen molar-refractivity contribution in [3.63, 3.8) is 0 Å². The molecule has 0 spiro atoms. The Hall–Kier alpha value is -2.01. The van der Waals surface area contributed by atoms with Crippen molar-refractivity contribution < 1.29 is 0 Å². The molecular formula is C13H17N5. The van der Waals surface area contributed by atoms with E-state index in [-0.39, 0.29) is 0 Å². The first-order valence-electron chi connectivity index (χ1n) is 5.84. The molecule has 0 aliphatic carbocycles. The molecule has 0 aromatic carbocycles. The maximum Gasteiger partial charge on any atom is 0.144 e. The van der Waals surface area contributed by atoms with Crippen molar-refractivity contribution in [2.45, 2.75) is 13.1 Å². The summed E-state index contributed by atoms with van der Waals surface area (Å²) in [6, 6.07) is 4.02. The minimum atomic E-state index is 0.770. The number of anilines is 1. The lowest BCUT2D eigenvalue weighted by molar-refractivity contribution is 0.314. The number of rotatable bonds is 5. The van der Waals surface area contributed by atoms with E-state index in [9.17, 15) is 0 Å². The van der Waals surface area contributed by atoms with E-state index >= 15 is 0 Å². The quantitative estimate of drug-likeness (QED) is 0.863. The average Bonchev–Trinajstić information content (AvgIpc) is 2.40. The van der Waals surface area contributed by atoms with E-state index in [1.165, 1.54) is 5.56 Å². The monoisotopic (exact) mass is 243 g/mol. The van der Waals surface area contributed by atoms with Crippen molar-refractivity contribution in [3.05, 3.63) is 48.2 Å². The Morgan fingerprint density at radius 3 is 2.67 bits per heavy atom. The molecule has 0 unspecified atom stereocenters. The van der Waals surface area contributed by atoms with E-state index in [0.717, 1.165) is 24.6 Å². The topological polar surface area (TPSA) is 53.9 Å². The second-order valence-corrected chi connectivity index (χ2v) is 4.18. The van der Waals surface area contributed by atoms with Crippen LogP contribution < -0.4 is 5.32 Å². The number of aromatic nitrogens is 3. The Labute approximate surface area is 107 Å². The van der Waals surface area contributed by atoms with Gasteiger partial charge < -0.3 is 5.32 Å². The number of nitrogens with zero attached hydrogens (tertiary/aromatic N) is 4. The van der Waals surface area contributed by atoms with E-state index in [2.05, 4.69) is 38.3 Å². The van der Waals surface area contributed by atoms with E-state index in [0.29, 0.717) is 0 Å². The van der Waals surface area contributed by atoms with Crippen molar-refractivity contribution in [1.29, 1.82) is 0 Å². The maximum atomic E-state index is 4.35. The molecule has 0 atom stereocenters. The van der Waals surface area contributed by atoms with E-state index in [1.54, 1.807) is 18.6 Å². The van der Waals surface area contributed by atoms with Crippen molar-refractivity contribution in [3.8, 4) is 0 Å². The summed E-state index contributed by atoms with van der Waals surface area (Å²) >= 11 is 0. The Kier molecular flexibility index (Phi) is 4.20. The highest BCUT2D eigenvalue weighted by Gasteiger charge is 2.03. The summed E-state index contributed by atoms with van der Waals surface area (Å²) < 4.78 is 0. The zero-order valence-corrected chi connectivity index (χ0v) is 10.7. The standard InChI is InChI=1S/C13H17N5/c1-14-13-8-16-12(7-17-13)10-18(2)9-11-4-3-5-15-6-11/h3-8H,9-10H2,1-2H3,(H,14,17). The smallest absolute Gasteiger partial charge is 0.144 e. The number of pyridine rings is 1. The van der Waals surface area contributed by atoms with Crippen LogP contribution in [0.1, 0.15) is 11.3 Å². The Morgan fingerprint density at radius 2 is 2.06 bits per heavy atom. The first-order valence-corrected chi connectivity index (χ1v) is 5.84. The van der Waals surface area contributed by atoms with E-state index in [4.69, 9.17) is 0 Å². The minimum absolute atomic E-state index is 0.770. The molecule has 18 heavy (non-hydrogen) atoms. The van der Waals surface area contributed by atoms with E-state index < -0.39 is 0 Å². The minimum Gasteiger partial charge on any atom is -0.372 e. The molecule has 0 saturated carbocycles. The summed E-state index contributed by atoms with van der Waals surface area (Å²) in [6.07, 6.45) is 7.20. The number of nitrogens with one attached hydrogen (secondary N) is 1. The highest BCUT2D eigenvalue weighted by Crippen LogP contribution is 2.06. The first kappa shape index (κ1) is 12.4. The van der Waals surface area contributed by atoms with Gasteiger partial charge in [-0.2, -0.15) is 0 Å². The predicted molar refractivity (Wildman–Crippen MR) is 71.0 cm³/mol. The summed E-state index contributed by atoms with van der Waals surface area (Å²) in [5, 5.41) is 2.95. The molecule has 1 N–H and O–H groups in total. The zero-order valence-electron chi connectivity index (χ0n) is 10.7. The highest BCUT2D eigenvalue weighted by molar-refractivity contribution is 5.29. The highest BCUT2D eigenvalue weighted by atomic mass is 15.1. The van der Waals surface area contributed by atoms with Gasteiger partial charge in [-0.1, -0.05) is 6.07 Å². The number of hydrogen-bond acceptors (Lipinski definition) is 5. The lowest BCUT2D eigenvalue weighted by Gasteiger charge is -2.15. The molecule has 2 aromatic heterocycles. The van der Waals surface area contributed by atoms with Gasteiger partial charge in [0.1, 0.15) is 5.82 Å². The average molecular weight is 243 g/mol. The second-order valence-electron chi connectivity index (χ2n) is 4.18. The van der Waals surface area contributed by atoms with Gasteiger partial charge in [0, 0.05) is 32.5 Å². The van der Waals surface area contributed by atoms with E-state index in [1.807, 2.05) is 19.3 Å².